The van der Waals surface area contributed by atoms with Gasteiger partial charge in [-0.15, -0.1) is 0 Å². The van der Waals surface area contributed by atoms with Crippen molar-refractivity contribution in [3.63, 3.8) is 0 Å². The monoisotopic (exact) mass is 249 g/mol. The molecule has 0 unspecified atom stereocenters. The lowest BCUT2D eigenvalue weighted by molar-refractivity contribution is 0.0909. The first-order valence-corrected chi connectivity index (χ1v) is 6.38. The first-order valence-electron chi connectivity index (χ1n) is 6.38. The van der Waals surface area contributed by atoms with Crippen LogP contribution < -0.4 is 10.1 Å². The molecule has 0 fully saturated rings. The van der Waals surface area contributed by atoms with Crippen molar-refractivity contribution < 1.29 is 9.53 Å². The molecule has 1 amide bonds. The van der Waals surface area contributed by atoms with Crippen molar-refractivity contribution in [2.24, 2.45) is 5.41 Å². The van der Waals surface area contributed by atoms with Gasteiger partial charge < -0.3 is 10.1 Å². The minimum Gasteiger partial charge on any atom is -0.494 e. The number of hydrogen-bond acceptors (Lipinski definition) is 2. The fourth-order valence-electron chi connectivity index (χ4n) is 1.39. The lowest BCUT2D eigenvalue weighted by atomic mass is 9.88. The van der Waals surface area contributed by atoms with Crippen molar-refractivity contribution in [2.45, 2.75) is 40.7 Å². The van der Waals surface area contributed by atoms with E-state index in [1.54, 1.807) is 12.1 Å². The first kappa shape index (κ1) is 14.6. The van der Waals surface area contributed by atoms with Crippen molar-refractivity contribution in [1.82, 2.24) is 5.32 Å². The van der Waals surface area contributed by atoms with E-state index >= 15 is 0 Å². The quantitative estimate of drug-likeness (QED) is 0.889. The van der Waals surface area contributed by atoms with Gasteiger partial charge in [-0.05, 0) is 37.5 Å². The largest absolute Gasteiger partial charge is 0.494 e. The average molecular weight is 249 g/mol. The molecule has 0 saturated heterocycles. The maximum absolute atomic E-state index is 12.1. The Morgan fingerprint density at radius 3 is 2.61 bits per heavy atom. The number of hydrogen-bond donors (Lipinski definition) is 1. The second-order valence-electron chi connectivity index (χ2n) is 5.52. The molecular formula is C15H23NO2. The molecular weight excluding hydrogens is 226 g/mol. The highest BCUT2D eigenvalue weighted by Gasteiger charge is 2.22. The van der Waals surface area contributed by atoms with E-state index in [0.717, 1.165) is 5.75 Å². The van der Waals surface area contributed by atoms with Crippen LogP contribution in [0.5, 0.6) is 5.75 Å². The molecule has 3 heteroatoms. The summed E-state index contributed by atoms with van der Waals surface area (Å²) in [5, 5.41) is 3.01. The molecule has 1 aromatic rings. The van der Waals surface area contributed by atoms with E-state index in [4.69, 9.17) is 4.74 Å². The molecule has 3 nitrogen and oxygen atoms in total. The van der Waals surface area contributed by atoms with Crippen LogP contribution in [0.15, 0.2) is 24.3 Å². The zero-order valence-corrected chi connectivity index (χ0v) is 11.9. The first-order chi connectivity index (χ1) is 8.34. The zero-order chi connectivity index (χ0) is 13.8. The van der Waals surface area contributed by atoms with Crippen molar-refractivity contribution in [1.29, 1.82) is 0 Å². The molecule has 18 heavy (non-hydrogen) atoms. The van der Waals surface area contributed by atoms with E-state index < -0.39 is 0 Å². The molecule has 1 rings (SSSR count). The molecule has 0 spiro atoms. The summed E-state index contributed by atoms with van der Waals surface area (Å²) >= 11 is 0. The van der Waals surface area contributed by atoms with Gasteiger partial charge in [-0.3, -0.25) is 4.79 Å². The van der Waals surface area contributed by atoms with Gasteiger partial charge in [0.15, 0.2) is 0 Å². The van der Waals surface area contributed by atoms with E-state index in [9.17, 15) is 4.79 Å². The van der Waals surface area contributed by atoms with Crippen LogP contribution >= 0.6 is 0 Å². The van der Waals surface area contributed by atoms with Gasteiger partial charge in [0.05, 0.1) is 6.61 Å². The molecule has 0 heterocycles. The Morgan fingerprint density at radius 2 is 2.06 bits per heavy atom. The van der Waals surface area contributed by atoms with Crippen LogP contribution in [0.3, 0.4) is 0 Å². The number of ether oxygens (including phenoxy) is 1. The number of benzene rings is 1. The van der Waals surface area contributed by atoms with Gasteiger partial charge in [0.2, 0.25) is 0 Å². The number of nitrogens with one attached hydrogen (secondary N) is 1. The highest BCUT2D eigenvalue weighted by Crippen LogP contribution is 2.19. The number of amides is 1. The van der Waals surface area contributed by atoms with Gasteiger partial charge in [-0.1, -0.05) is 26.8 Å². The Labute approximate surface area is 110 Å². The minimum atomic E-state index is -0.0565. The molecule has 0 bridgehead atoms. The summed E-state index contributed by atoms with van der Waals surface area (Å²) in [4.78, 5) is 12.1. The van der Waals surface area contributed by atoms with E-state index in [1.165, 1.54) is 0 Å². The van der Waals surface area contributed by atoms with E-state index in [2.05, 4.69) is 26.1 Å². The maximum atomic E-state index is 12.1. The van der Waals surface area contributed by atoms with Gasteiger partial charge in [0, 0.05) is 11.6 Å². The maximum Gasteiger partial charge on any atom is 0.251 e. The van der Waals surface area contributed by atoms with E-state index in [1.807, 2.05) is 26.0 Å². The predicted molar refractivity (Wildman–Crippen MR) is 74.0 cm³/mol. The molecule has 0 saturated carbocycles. The minimum absolute atomic E-state index is 0.0488. The molecule has 0 aliphatic heterocycles. The molecule has 100 valence electrons. The highest BCUT2D eigenvalue weighted by atomic mass is 16.5. The van der Waals surface area contributed by atoms with Gasteiger partial charge in [-0.2, -0.15) is 0 Å². The summed E-state index contributed by atoms with van der Waals surface area (Å²) in [6.45, 7) is 10.9. The van der Waals surface area contributed by atoms with Crippen LogP contribution in [-0.4, -0.2) is 18.6 Å². The van der Waals surface area contributed by atoms with Gasteiger partial charge >= 0.3 is 0 Å². The Morgan fingerprint density at radius 1 is 1.39 bits per heavy atom. The third-order valence-electron chi connectivity index (χ3n) is 3.05. The summed E-state index contributed by atoms with van der Waals surface area (Å²) in [7, 11) is 0. The third-order valence-corrected chi connectivity index (χ3v) is 3.05. The van der Waals surface area contributed by atoms with Crippen LogP contribution in [0.1, 0.15) is 45.0 Å². The number of rotatable bonds is 4. The predicted octanol–water partition coefficient (Wildman–Crippen LogP) is 3.25. The smallest absolute Gasteiger partial charge is 0.251 e. The van der Waals surface area contributed by atoms with E-state index in [-0.39, 0.29) is 17.4 Å². The third kappa shape index (κ3) is 4.06. The van der Waals surface area contributed by atoms with Crippen LogP contribution in [0, 0.1) is 5.41 Å². The van der Waals surface area contributed by atoms with Crippen molar-refractivity contribution in [3.05, 3.63) is 29.8 Å². The second-order valence-corrected chi connectivity index (χ2v) is 5.52. The standard InChI is InChI=1S/C15H23NO2/c1-6-18-13-9-7-8-12(10-13)14(17)16-11(2)15(3,4)5/h7-11H,6H2,1-5H3,(H,16,17)/t11-/m1/s1. The lowest BCUT2D eigenvalue weighted by Gasteiger charge is -2.28. The summed E-state index contributed by atoms with van der Waals surface area (Å²) < 4.78 is 5.39. The summed E-state index contributed by atoms with van der Waals surface area (Å²) in [6, 6.07) is 7.37. The topological polar surface area (TPSA) is 38.3 Å². The summed E-state index contributed by atoms with van der Waals surface area (Å²) in [6.07, 6.45) is 0. The SMILES string of the molecule is CCOc1cccc(C(=O)N[C@H](C)C(C)(C)C)c1. The fourth-order valence-corrected chi connectivity index (χ4v) is 1.39. The van der Waals surface area contributed by atoms with Gasteiger partial charge in [0.1, 0.15) is 5.75 Å². The Balaban J connectivity index is 2.75. The molecule has 1 aromatic carbocycles. The second kappa shape index (κ2) is 5.89. The van der Waals surface area contributed by atoms with Crippen molar-refractivity contribution in [2.75, 3.05) is 6.61 Å². The van der Waals surface area contributed by atoms with Crippen LogP contribution in [0.25, 0.3) is 0 Å². The lowest BCUT2D eigenvalue weighted by Crippen LogP contribution is -2.41. The van der Waals surface area contributed by atoms with Gasteiger partial charge in [-0.25, -0.2) is 0 Å². The molecule has 0 aliphatic carbocycles. The number of carbonyl (C=O) groups is 1. The Hall–Kier alpha value is -1.51. The number of carbonyl (C=O) groups excluding carboxylic acids is 1. The normalized spacial score (nSPS) is 12.9. The van der Waals surface area contributed by atoms with Crippen LogP contribution in [0.2, 0.25) is 0 Å². The zero-order valence-electron chi connectivity index (χ0n) is 11.9. The van der Waals surface area contributed by atoms with Crippen molar-refractivity contribution >= 4 is 5.91 Å². The van der Waals surface area contributed by atoms with Crippen LogP contribution in [-0.2, 0) is 0 Å². The molecule has 0 aromatic heterocycles. The van der Waals surface area contributed by atoms with E-state index in [0.29, 0.717) is 12.2 Å². The summed E-state index contributed by atoms with van der Waals surface area (Å²) in [5.74, 6) is 0.674. The molecule has 1 N–H and O–H groups in total. The molecule has 1 atom stereocenters. The Kier molecular flexibility index (Phi) is 4.76. The molecule has 0 radical (unpaired) electrons. The molecule has 0 aliphatic rings. The average Bonchev–Trinajstić information content (AvgIpc) is 2.28. The highest BCUT2D eigenvalue weighted by molar-refractivity contribution is 5.94. The van der Waals surface area contributed by atoms with Crippen molar-refractivity contribution in [3.8, 4) is 5.75 Å². The Bertz CT molecular complexity index is 407. The fraction of sp³-hybridized carbons (Fsp3) is 0.533. The summed E-state index contributed by atoms with van der Waals surface area (Å²) in [5.41, 5.74) is 0.685. The van der Waals surface area contributed by atoms with Gasteiger partial charge in [0.25, 0.3) is 5.91 Å². The van der Waals surface area contributed by atoms with Crippen LogP contribution in [0.4, 0.5) is 0 Å².